The van der Waals surface area contributed by atoms with Gasteiger partial charge in [-0.3, -0.25) is 9.11 Å². The Morgan fingerprint density at radius 2 is 1.43 bits per heavy atom. The molecule has 2 aromatic carbocycles. The van der Waals surface area contributed by atoms with Gasteiger partial charge in [-0.15, -0.1) is 0 Å². The molecule has 0 amide bonds. The van der Waals surface area contributed by atoms with Crippen LogP contribution in [0.25, 0.3) is 11.1 Å². The molecule has 7 heteroatoms. The fraction of sp³-hybridized carbons (Fsp3) is 0.143. The zero-order valence-electron chi connectivity index (χ0n) is 11.0. The summed E-state index contributed by atoms with van der Waals surface area (Å²) in [7, 11) is -4.67. The third-order valence-electron chi connectivity index (χ3n) is 2.31. The van der Waals surface area contributed by atoms with Crippen molar-refractivity contribution >= 4 is 10.4 Å². The molecular formula is C14H15O6S. The van der Waals surface area contributed by atoms with Crippen LogP contribution < -0.4 is 4.74 Å². The van der Waals surface area contributed by atoms with E-state index in [2.05, 4.69) is 0 Å². The first-order valence-corrected chi connectivity index (χ1v) is 7.36. The molecule has 2 aromatic rings. The molecule has 2 N–H and O–H groups in total. The summed E-state index contributed by atoms with van der Waals surface area (Å²) in [5.74, 6) is 0.768. The van der Waals surface area contributed by atoms with Crippen LogP contribution in [0.2, 0.25) is 0 Å². The van der Waals surface area contributed by atoms with E-state index in [1.54, 1.807) is 0 Å². The van der Waals surface area contributed by atoms with Gasteiger partial charge in [0.1, 0.15) is 19.0 Å². The van der Waals surface area contributed by atoms with E-state index in [9.17, 15) is 5.11 Å². The molecule has 0 saturated carbocycles. The number of hydrogen-bond acceptors (Lipinski definition) is 3. The molecule has 113 valence electrons. The first kappa shape index (κ1) is 17.1. The SMILES string of the molecule is O=S(=O)(O)O.[O]CCOc1ccccc1-c1ccccc1. The lowest BCUT2D eigenvalue weighted by Gasteiger charge is -2.10. The molecule has 0 unspecified atom stereocenters. The Morgan fingerprint density at radius 1 is 0.905 bits per heavy atom. The van der Waals surface area contributed by atoms with Crippen molar-refractivity contribution in [2.24, 2.45) is 0 Å². The van der Waals surface area contributed by atoms with Gasteiger partial charge in [-0.2, -0.15) is 8.42 Å². The van der Waals surface area contributed by atoms with Gasteiger partial charge in [0.15, 0.2) is 0 Å². The molecule has 0 aromatic heterocycles. The van der Waals surface area contributed by atoms with E-state index < -0.39 is 10.4 Å². The summed E-state index contributed by atoms with van der Waals surface area (Å²) in [5.41, 5.74) is 2.13. The van der Waals surface area contributed by atoms with Crippen molar-refractivity contribution in [1.82, 2.24) is 0 Å². The average molecular weight is 311 g/mol. The molecule has 1 radical (unpaired) electrons. The van der Waals surface area contributed by atoms with Gasteiger partial charge in [0, 0.05) is 5.56 Å². The summed E-state index contributed by atoms with van der Waals surface area (Å²) in [6.45, 7) is -0.00697. The molecule has 0 fully saturated rings. The van der Waals surface area contributed by atoms with Crippen molar-refractivity contribution < 1.29 is 27.4 Å². The number of benzene rings is 2. The van der Waals surface area contributed by atoms with Gasteiger partial charge in [0.25, 0.3) is 0 Å². The Kier molecular flexibility index (Phi) is 6.83. The largest absolute Gasteiger partial charge is 0.490 e. The van der Waals surface area contributed by atoms with Crippen LogP contribution in [0.15, 0.2) is 54.6 Å². The third-order valence-corrected chi connectivity index (χ3v) is 2.31. The first-order chi connectivity index (χ1) is 9.92. The zero-order valence-corrected chi connectivity index (χ0v) is 11.9. The quantitative estimate of drug-likeness (QED) is 0.844. The summed E-state index contributed by atoms with van der Waals surface area (Å²) >= 11 is 0. The fourth-order valence-corrected chi connectivity index (χ4v) is 1.60. The van der Waals surface area contributed by atoms with E-state index in [1.165, 1.54) is 0 Å². The number of rotatable bonds is 4. The molecule has 0 aliphatic carbocycles. The van der Waals surface area contributed by atoms with Crippen LogP contribution in [0, 0.1) is 0 Å². The summed E-state index contributed by atoms with van der Waals surface area (Å²) in [5, 5.41) is 10.4. The van der Waals surface area contributed by atoms with Crippen molar-refractivity contribution in [3.8, 4) is 16.9 Å². The number of hydrogen-bond donors (Lipinski definition) is 2. The molecule has 0 atom stereocenters. The molecule has 2 rings (SSSR count). The Morgan fingerprint density at radius 3 is 2.00 bits per heavy atom. The maximum Gasteiger partial charge on any atom is 0.394 e. The lowest BCUT2D eigenvalue weighted by molar-refractivity contribution is 0.138. The van der Waals surface area contributed by atoms with Crippen LogP contribution >= 0.6 is 0 Å². The second kappa shape index (κ2) is 8.38. The highest BCUT2D eigenvalue weighted by atomic mass is 32.3. The summed E-state index contributed by atoms with van der Waals surface area (Å²) in [4.78, 5) is 0. The van der Waals surface area contributed by atoms with Gasteiger partial charge in [0.2, 0.25) is 0 Å². The van der Waals surface area contributed by atoms with Crippen molar-refractivity contribution in [1.29, 1.82) is 0 Å². The van der Waals surface area contributed by atoms with Crippen LogP contribution in [0.4, 0.5) is 0 Å². The van der Waals surface area contributed by atoms with E-state index in [1.807, 2.05) is 54.6 Å². The van der Waals surface area contributed by atoms with Gasteiger partial charge in [-0.05, 0) is 11.6 Å². The third kappa shape index (κ3) is 7.42. The topological polar surface area (TPSA) is 104 Å². The lowest BCUT2D eigenvalue weighted by atomic mass is 10.1. The van der Waals surface area contributed by atoms with Crippen LogP contribution in [0.5, 0.6) is 5.75 Å². The first-order valence-electron chi connectivity index (χ1n) is 5.97. The van der Waals surface area contributed by atoms with Gasteiger partial charge < -0.3 is 4.74 Å². The Balaban J connectivity index is 0.000000383. The highest BCUT2D eigenvalue weighted by Gasteiger charge is 2.04. The minimum absolute atomic E-state index is 0.212. The molecule has 0 saturated heterocycles. The molecule has 0 bridgehead atoms. The van der Waals surface area contributed by atoms with Gasteiger partial charge in [-0.25, -0.2) is 5.11 Å². The summed E-state index contributed by atoms with van der Waals surface area (Å²) < 4.78 is 37.0. The number of ether oxygens (including phenoxy) is 1. The molecule has 6 nitrogen and oxygen atoms in total. The average Bonchev–Trinajstić information content (AvgIpc) is 2.45. The van der Waals surface area contributed by atoms with E-state index in [0.717, 1.165) is 16.9 Å². The minimum atomic E-state index is -4.67. The highest BCUT2D eigenvalue weighted by molar-refractivity contribution is 7.79. The normalized spacial score (nSPS) is 10.4. The van der Waals surface area contributed by atoms with E-state index >= 15 is 0 Å². The molecule has 21 heavy (non-hydrogen) atoms. The Hall–Kier alpha value is -1.93. The predicted octanol–water partition coefficient (Wildman–Crippen LogP) is 2.51. The second-order valence-electron chi connectivity index (χ2n) is 3.86. The van der Waals surface area contributed by atoms with Gasteiger partial charge in [-0.1, -0.05) is 48.5 Å². The maximum absolute atomic E-state index is 10.4. The Labute approximate surface area is 123 Å². The molecule has 0 spiro atoms. The van der Waals surface area contributed by atoms with E-state index in [0.29, 0.717) is 0 Å². The zero-order chi connectivity index (χ0) is 15.7. The molecule has 0 aliphatic rings. The van der Waals surface area contributed by atoms with Crippen LogP contribution in [0.3, 0.4) is 0 Å². The van der Waals surface area contributed by atoms with Crippen molar-refractivity contribution in [3.63, 3.8) is 0 Å². The second-order valence-corrected chi connectivity index (χ2v) is 4.76. The minimum Gasteiger partial charge on any atom is -0.490 e. The lowest BCUT2D eigenvalue weighted by Crippen LogP contribution is -2.01. The van der Waals surface area contributed by atoms with E-state index in [-0.39, 0.29) is 13.2 Å². The molecule has 0 aliphatic heterocycles. The van der Waals surface area contributed by atoms with Crippen molar-refractivity contribution in [3.05, 3.63) is 54.6 Å². The van der Waals surface area contributed by atoms with Crippen molar-refractivity contribution in [2.45, 2.75) is 0 Å². The van der Waals surface area contributed by atoms with Gasteiger partial charge in [0.05, 0.1) is 0 Å². The fourth-order valence-electron chi connectivity index (χ4n) is 1.60. The van der Waals surface area contributed by atoms with Crippen LogP contribution in [-0.2, 0) is 15.5 Å². The van der Waals surface area contributed by atoms with E-state index in [4.69, 9.17) is 22.3 Å². The predicted molar refractivity (Wildman–Crippen MR) is 77.1 cm³/mol. The monoisotopic (exact) mass is 311 g/mol. The maximum atomic E-state index is 10.4. The summed E-state index contributed by atoms with van der Waals surface area (Å²) in [6.07, 6.45) is 0. The van der Waals surface area contributed by atoms with Crippen molar-refractivity contribution in [2.75, 3.05) is 13.2 Å². The smallest absolute Gasteiger partial charge is 0.394 e. The number of para-hydroxylation sites is 1. The van der Waals surface area contributed by atoms with Gasteiger partial charge >= 0.3 is 10.4 Å². The highest BCUT2D eigenvalue weighted by Crippen LogP contribution is 2.29. The van der Waals surface area contributed by atoms with Crippen LogP contribution in [0.1, 0.15) is 0 Å². The molecular weight excluding hydrogens is 296 g/mol. The Bertz CT molecular complexity index is 632. The summed E-state index contributed by atoms with van der Waals surface area (Å²) in [6, 6.07) is 17.8. The van der Waals surface area contributed by atoms with Crippen LogP contribution in [-0.4, -0.2) is 30.7 Å². The molecule has 0 heterocycles. The standard InChI is InChI=1S/C14H13O2.H2O4S/c15-10-11-16-14-9-5-4-8-13(14)12-6-2-1-3-7-12;1-5(2,3)4/h1-9H,10-11H2;(H2,1,2,3,4).